The highest BCUT2D eigenvalue weighted by atomic mass is 19.1. The van der Waals surface area contributed by atoms with Gasteiger partial charge in [-0.15, -0.1) is 0 Å². The van der Waals surface area contributed by atoms with Crippen molar-refractivity contribution in [2.45, 2.75) is 52.4 Å². The third-order valence-electron chi connectivity index (χ3n) is 3.58. The molecule has 0 saturated carbocycles. The molecule has 1 aromatic rings. The van der Waals surface area contributed by atoms with Crippen molar-refractivity contribution in [1.82, 2.24) is 9.55 Å². The van der Waals surface area contributed by atoms with E-state index in [0.29, 0.717) is 12.1 Å². The zero-order valence-corrected chi connectivity index (χ0v) is 11.0. The topological polar surface area (TPSA) is 36.3 Å². The number of nitrogens with zero attached hydrogens (tertiary/aromatic N) is 2. The van der Waals surface area contributed by atoms with E-state index in [4.69, 9.17) is 9.31 Å². The molecular weight excluding hydrogens is 222 g/mol. The monoisotopic (exact) mass is 240 g/mol. The van der Waals surface area contributed by atoms with E-state index in [9.17, 15) is 4.39 Å². The quantitative estimate of drug-likeness (QED) is 0.732. The summed E-state index contributed by atoms with van der Waals surface area (Å²) >= 11 is 0. The minimum absolute atomic E-state index is 0.426. The molecule has 94 valence electrons. The summed E-state index contributed by atoms with van der Waals surface area (Å²) in [6.45, 7) is 10.2. The highest BCUT2D eigenvalue weighted by Crippen LogP contribution is 2.36. The summed E-state index contributed by atoms with van der Waals surface area (Å²) in [5.74, 6) is 0. The second-order valence-corrected chi connectivity index (χ2v) is 5.31. The molecule has 17 heavy (non-hydrogen) atoms. The van der Waals surface area contributed by atoms with Gasteiger partial charge in [-0.25, -0.2) is 4.98 Å². The third kappa shape index (κ3) is 2.00. The Hall–Kier alpha value is -0.875. The molecule has 2 heterocycles. The lowest BCUT2D eigenvalue weighted by Gasteiger charge is -2.32. The van der Waals surface area contributed by atoms with Crippen molar-refractivity contribution in [2.75, 3.05) is 0 Å². The molecule has 0 atom stereocenters. The van der Waals surface area contributed by atoms with Crippen molar-refractivity contribution in [3.8, 4) is 0 Å². The van der Waals surface area contributed by atoms with E-state index in [0.717, 1.165) is 0 Å². The van der Waals surface area contributed by atoms with Gasteiger partial charge >= 0.3 is 7.12 Å². The maximum absolute atomic E-state index is 13.4. The van der Waals surface area contributed by atoms with E-state index in [1.807, 2.05) is 34.6 Å². The fourth-order valence-electron chi connectivity index (χ4n) is 1.71. The van der Waals surface area contributed by atoms with Crippen LogP contribution in [0.1, 0.15) is 34.6 Å². The lowest BCUT2D eigenvalue weighted by atomic mass is 9.86. The summed E-state index contributed by atoms with van der Waals surface area (Å²) in [6.07, 6.45) is 1.13. The standard InChI is InChI=1S/C11H18BFN2O2/c1-6-15-7-8(14-9(15)13)12-16-10(2,3)11(4,5)17-12/h7H,6H2,1-5H3. The van der Waals surface area contributed by atoms with Crippen LogP contribution in [0.25, 0.3) is 0 Å². The van der Waals surface area contributed by atoms with E-state index in [1.54, 1.807) is 6.20 Å². The summed E-state index contributed by atoms with van der Waals surface area (Å²) in [6, 6.07) is 0. The average Bonchev–Trinajstić information content (AvgIpc) is 2.66. The number of halogens is 1. The second-order valence-electron chi connectivity index (χ2n) is 5.31. The summed E-state index contributed by atoms with van der Waals surface area (Å²) in [7, 11) is -0.595. The first-order valence-corrected chi connectivity index (χ1v) is 5.85. The van der Waals surface area contributed by atoms with Crippen LogP contribution in [0, 0.1) is 6.08 Å². The van der Waals surface area contributed by atoms with Gasteiger partial charge in [0.2, 0.25) is 0 Å². The third-order valence-corrected chi connectivity index (χ3v) is 3.58. The van der Waals surface area contributed by atoms with Gasteiger partial charge in [-0.05, 0) is 34.6 Å². The SMILES string of the molecule is CCn1cc(B2OC(C)(C)C(C)(C)O2)nc1F. The smallest absolute Gasteiger partial charge is 0.398 e. The molecule has 0 spiro atoms. The molecule has 1 saturated heterocycles. The van der Waals surface area contributed by atoms with Crippen LogP contribution in [0.15, 0.2) is 6.20 Å². The van der Waals surface area contributed by atoms with Gasteiger partial charge in [0, 0.05) is 12.7 Å². The Balaban J connectivity index is 2.26. The van der Waals surface area contributed by atoms with E-state index in [-0.39, 0.29) is 0 Å². The number of aryl methyl sites for hydroxylation is 1. The molecule has 0 radical (unpaired) electrons. The zero-order chi connectivity index (χ0) is 12.8. The molecule has 0 N–H and O–H groups in total. The highest BCUT2D eigenvalue weighted by molar-refractivity contribution is 6.61. The normalized spacial score (nSPS) is 22.1. The average molecular weight is 240 g/mol. The lowest BCUT2D eigenvalue weighted by Crippen LogP contribution is -2.41. The predicted octanol–water partition coefficient (Wildman–Crippen LogP) is 1.34. The van der Waals surface area contributed by atoms with Gasteiger partial charge in [0.25, 0.3) is 6.08 Å². The van der Waals surface area contributed by atoms with Crippen LogP contribution in [-0.4, -0.2) is 27.9 Å². The van der Waals surface area contributed by atoms with E-state index >= 15 is 0 Å². The van der Waals surface area contributed by atoms with Crippen molar-refractivity contribution in [3.63, 3.8) is 0 Å². The van der Waals surface area contributed by atoms with Crippen LogP contribution < -0.4 is 5.59 Å². The summed E-state index contributed by atoms with van der Waals surface area (Å²) in [5, 5.41) is 0. The van der Waals surface area contributed by atoms with Gasteiger partial charge in [-0.3, -0.25) is 0 Å². The number of rotatable bonds is 2. The van der Waals surface area contributed by atoms with Crippen LogP contribution in [0.3, 0.4) is 0 Å². The van der Waals surface area contributed by atoms with Gasteiger partial charge in [0.05, 0.1) is 16.8 Å². The summed E-state index contributed by atoms with van der Waals surface area (Å²) in [4.78, 5) is 3.84. The number of imidazole rings is 1. The van der Waals surface area contributed by atoms with E-state index < -0.39 is 24.4 Å². The molecule has 1 aromatic heterocycles. The largest absolute Gasteiger partial charge is 0.516 e. The van der Waals surface area contributed by atoms with E-state index in [1.165, 1.54) is 4.57 Å². The number of hydrogen-bond acceptors (Lipinski definition) is 3. The van der Waals surface area contributed by atoms with Crippen LogP contribution in [-0.2, 0) is 15.9 Å². The van der Waals surface area contributed by atoms with Crippen molar-refractivity contribution >= 4 is 12.7 Å². The Kier molecular flexibility index (Phi) is 2.82. The van der Waals surface area contributed by atoms with Crippen molar-refractivity contribution in [3.05, 3.63) is 12.3 Å². The number of hydrogen-bond donors (Lipinski definition) is 0. The molecule has 0 amide bonds. The fraction of sp³-hybridized carbons (Fsp3) is 0.727. The van der Waals surface area contributed by atoms with Crippen molar-refractivity contribution in [1.29, 1.82) is 0 Å². The van der Waals surface area contributed by atoms with Gasteiger partial charge in [0.15, 0.2) is 0 Å². The fourth-order valence-corrected chi connectivity index (χ4v) is 1.71. The minimum Gasteiger partial charge on any atom is -0.398 e. The Morgan fingerprint density at radius 2 is 1.82 bits per heavy atom. The lowest BCUT2D eigenvalue weighted by molar-refractivity contribution is 0.00578. The highest BCUT2D eigenvalue weighted by Gasteiger charge is 2.52. The molecule has 0 aromatic carbocycles. The maximum Gasteiger partial charge on any atom is 0.516 e. The molecule has 1 aliphatic rings. The first-order valence-electron chi connectivity index (χ1n) is 5.85. The van der Waals surface area contributed by atoms with Crippen LogP contribution >= 0.6 is 0 Å². The van der Waals surface area contributed by atoms with Crippen molar-refractivity contribution in [2.24, 2.45) is 0 Å². The van der Waals surface area contributed by atoms with Crippen molar-refractivity contribution < 1.29 is 13.7 Å². The first kappa shape index (κ1) is 12.6. The van der Waals surface area contributed by atoms with Gasteiger partial charge in [0.1, 0.15) is 0 Å². The van der Waals surface area contributed by atoms with Gasteiger partial charge in [-0.2, -0.15) is 4.39 Å². The predicted molar refractivity (Wildman–Crippen MR) is 63.6 cm³/mol. The Morgan fingerprint density at radius 3 is 2.24 bits per heavy atom. The molecule has 0 aliphatic carbocycles. The van der Waals surface area contributed by atoms with Crippen LogP contribution in [0.2, 0.25) is 0 Å². The molecule has 0 bridgehead atoms. The molecule has 0 unspecified atom stereocenters. The zero-order valence-electron chi connectivity index (χ0n) is 11.0. The Labute approximate surface area is 101 Å². The first-order chi connectivity index (χ1) is 7.77. The van der Waals surface area contributed by atoms with Crippen LogP contribution in [0.5, 0.6) is 0 Å². The Morgan fingerprint density at radius 1 is 1.29 bits per heavy atom. The minimum atomic E-state index is -0.595. The molecule has 1 fully saturated rings. The molecule has 6 heteroatoms. The maximum atomic E-state index is 13.4. The van der Waals surface area contributed by atoms with Gasteiger partial charge in [-0.1, -0.05) is 0 Å². The van der Waals surface area contributed by atoms with Crippen LogP contribution in [0.4, 0.5) is 4.39 Å². The summed E-state index contributed by atoms with van der Waals surface area (Å²) < 4.78 is 26.4. The summed E-state index contributed by atoms with van der Waals surface area (Å²) in [5.41, 5.74) is -0.364. The second kappa shape index (κ2) is 3.81. The molecule has 1 aliphatic heterocycles. The Bertz CT molecular complexity index is 415. The number of aromatic nitrogens is 2. The van der Waals surface area contributed by atoms with Gasteiger partial charge < -0.3 is 13.9 Å². The molecule has 2 rings (SSSR count). The molecular formula is C11H18BFN2O2. The van der Waals surface area contributed by atoms with E-state index in [2.05, 4.69) is 4.98 Å². The molecule has 4 nitrogen and oxygen atoms in total.